The summed E-state index contributed by atoms with van der Waals surface area (Å²) in [4.78, 5) is 0. The first-order chi connectivity index (χ1) is 7.33. The number of hydrogen-bond acceptors (Lipinski definition) is 2. The van der Waals surface area contributed by atoms with Crippen LogP contribution in [0.15, 0.2) is 28.7 Å². The lowest BCUT2D eigenvalue weighted by atomic mass is 10.1. The lowest BCUT2D eigenvalue weighted by Crippen LogP contribution is -2.31. The van der Waals surface area contributed by atoms with Gasteiger partial charge in [0.2, 0.25) is 0 Å². The molecule has 1 N–H and O–H groups in total. The molecule has 0 bridgehead atoms. The van der Waals surface area contributed by atoms with Crippen LogP contribution in [-0.4, -0.2) is 14.2 Å². The third-order valence-corrected chi connectivity index (χ3v) is 3.63. The van der Waals surface area contributed by atoms with E-state index < -0.39 is 21.8 Å². The van der Waals surface area contributed by atoms with Crippen LogP contribution in [0.3, 0.4) is 0 Å². The zero-order chi connectivity index (χ0) is 12.3. The Labute approximate surface area is 101 Å². The largest absolute Gasteiger partial charge is 0.350 e. The lowest BCUT2D eigenvalue weighted by Gasteiger charge is -2.14. The summed E-state index contributed by atoms with van der Waals surface area (Å²) >= 11 is 3.22. The van der Waals surface area contributed by atoms with E-state index in [0.29, 0.717) is 5.56 Å². The number of alkyl halides is 2. The van der Waals surface area contributed by atoms with E-state index in [1.54, 1.807) is 24.3 Å². The molecule has 0 spiro atoms. The van der Waals surface area contributed by atoms with Crippen molar-refractivity contribution in [1.82, 2.24) is 4.72 Å². The average Bonchev–Trinajstić information content (AvgIpc) is 2.17. The van der Waals surface area contributed by atoms with Gasteiger partial charge in [-0.15, -0.1) is 0 Å². The number of nitrogens with one attached hydrogen (secondary N) is 1. The molecular formula is C9H10BrF2NO2S. The second-order valence-corrected chi connectivity index (χ2v) is 5.79. The van der Waals surface area contributed by atoms with Gasteiger partial charge in [0.05, 0.1) is 0 Å². The molecule has 0 fully saturated rings. The van der Waals surface area contributed by atoms with Crippen molar-refractivity contribution in [2.45, 2.75) is 18.7 Å². The molecule has 0 amide bonds. The third-order valence-electron chi connectivity index (χ3n) is 1.95. The van der Waals surface area contributed by atoms with Crippen LogP contribution in [0.4, 0.5) is 8.78 Å². The standard InChI is InChI=1S/C9H10BrF2NO2S/c1-6(13-16(14,15)9(11)12)7-2-4-8(10)5-3-7/h2-6,9,13H,1H3. The first-order valence-electron chi connectivity index (χ1n) is 4.37. The molecule has 0 aliphatic carbocycles. The Kier molecular flexibility index (Phi) is 4.40. The number of rotatable bonds is 4. The predicted molar refractivity (Wildman–Crippen MR) is 60.6 cm³/mol. The molecule has 7 heteroatoms. The summed E-state index contributed by atoms with van der Waals surface area (Å²) in [6, 6.07) is 6.04. The lowest BCUT2D eigenvalue weighted by molar-refractivity contribution is 0.231. The van der Waals surface area contributed by atoms with E-state index in [1.165, 1.54) is 6.92 Å². The molecule has 1 atom stereocenters. The van der Waals surface area contributed by atoms with Crippen molar-refractivity contribution < 1.29 is 17.2 Å². The van der Waals surface area contributed by atoms with E-state index in [-0.39, 0.29) is 0 Å². The Morgan fingerprint density at radius 2 is 1.75 bits per heavy atom. The molecule has 3 nitrogen and oxygen atoms in total. The summed E-state index contributed by atoms with van der Waals surface area (Å²) in [6.07, 6.45) is 0. The van der Waals surface area contributed by atoms with Crippen molar-refractivity contribution in [3.8, 4) is 0 Å². The smallest absolute Gasteiger partial charge is 0.206 e. The molecule has 0 saturated heterocycles. The highest BCUT2D eigenvalue weighted by Gasteiger charge is 2.25. The number of hydrogen-bond donors (Lipinski definition) is 1. The van der Waals surface area contributed by atoms with Crippen molar-refractivity contribution in [3.05, 3.63) is 34.3 Å². The van der Waals surface area contributed by atoms with Gasteiger partial charge in [0.15, 0.2) is 0 Å². The summed E-state index contributed by atoms with van der Waals surface area (Å²) < 4.78 is 48.7. The highest BCUT2D eigenvalue weighted by Crippen LogP contribution is 2.18. The summed E-state index contributed by atoms with van der Waals surface area (Å²) in [5, 5.41) is 0. The summed E-state index contributed by atoms with van der Waals surface area (Å²) in [7, 11) is -4.55. The first-order valence-corrected chi connectivity index (χ1v) is 6.71. The van der Waals surface area contributed by atoms with Crippen LogP contribution in [0.5, 0.6) is 0 Å². The highest BCUT2D eigenvalue weighted by molar-refractivity contribution is 9.10. The molecule has 1 unspecified atom stereocenters. The zero-order valence-corrected chi connectivity index (χ0v) is 10.7. The quantitative estimate of drug-likeness (QED) is 0.929. The van der Waals surface area contributed by atoms with Crippen molar-refractivity contribution >= 4 is 26.0 Å². The van der Waals surface area contributed by atoms with Gasteiger partial charge in [0.1, 0.15) is 0 Å². The fraction of sp³-hybridized carbons (Fsp3) is 0.333. The Bertz CT molecular complexity index is 447. The monoisotopic (exact) mass is 313 g/mol. The number of benzene rings is 1. The first kappa shape index (κ1) is 13.5. The van der Waals surface area contributed by atoms with Gasteiger partial charge in [-0.1, -0.05) is 28.1 Å². The Morgan fingerprint density at radius 1 is 1.25 bits per heavy atom. The summed E-state index contributed by atoms with van der Waals surface area (Å²) in [5.41, 5.74) is 0.618. The van der Waals surface area contributed by atoms with E-state index in [0.717, 1.165) is 4.47 Å². The van der Waals surface area contributed by atoms with Crippen LogP contribution in [0.1, 0.15) is 18.5 Å². The van der Waals surface area contributed by atoms with Gasteiger partial charge in [-0.25, -0.2) is 13.1 Å². The molecule has 0 radical (unpaired) electrons. The molecule has 1 aromatic rings. The van der Waals surface area contributed by atoms with Gasteiger partial charge in [-0.05, 0) is 24.6 Å². The molecular weight excluding hydrogens is 304 g/mol. The van der Waals surface area contributed by atoms with Crippen molar-refractivity contribution in [1.29, 1.82) is 0 Å². The van der Waals surface area contributed by atoms with Crippen molar-refractivity contribution in [3.63, 3.8) is 0 Å². The average molecular weight is 314 g/mol. The fourth-order valence-corrected chi connectivity index (χ4v) is 2.11. The van der Waals surface area contributed by atoms with Gasteiger partial charge in [-0.3, -0.25) is 0 Å². The molecule has 0 aromatic heterocycles. The Balaban J connectivity index is 2.81. The minimum absolute atomic E-state index is 0.618. The Morgan fingerprint density at radius 3 is 2.19 bits per heavy atom. The summed E-state index contributed by atoms with van der Waals surface area (Å²) in [5.74, 6) is -3.41. The minimum Gasteiger partial charge on any atom is -0.206 e. The second-order valence-electron chi connectivity index (χ2n) is 3.20. The van der Waals surface area contributed by atoms with Crippen molar-refractivity contribution in [2.24, 2.45) is 0 Å². The van der Waals surface area contributed by atoms with Gasteiger partial charge in [0, 0.05) is 10.5 Å². The molecule has 0 aliphatic rings. The molecule has 1 aromatic carbocycles. The maximum Gasteiger partial charge on any atom is 0.350 e. The molecule has 16 heavy (non-hydrogen) atoms. The van der Waals surface area contributed by atoms with E-state index in [4.69, 9.17) is 0 Å². The number of halogens is 3. The van der Waals surface area contributed by atoms with Crippen LogP contribution < -0.4 is 4.72 Å². The van der Waals surface area contributed by atoms with E-state index >= 15 is 0 Å². The maximum absolute atomic E-state index is 12.1. The third kappa shape index (κ3) is 3.50. The topological polar surface area (TPSA) is 46.2 Å². The zero-order valence-electron chi connectivity index (χ0n) is 8.32. The van der Waals surface area contributed by atoms with Crippen LogP contribution in [0, 0.1) is 0 Å². The predicted octanol–water partition coefficient (Wildman–Crippen LogP) is 2.65. The molecule has 0 aliphatic heterocycles. The van der Waals surface area contributed by atoms with Crippen molar-refractivity contribution in [2.75, 3.05) is 0 Å². The molecule has 0 saturated carbocycles. The highest BCUT2D eigenvalue weighted by atomic mass is 79.9. The second kappa shape index (κ2) is 5.20. The minimum atomic E-state index is -4.55. The normalized spacial score (nSPS) is 14.1. The van der Waals surface area contributed by atoms with E-state index in [9.17, 15) is 17.2 Å². The number of sulfonamides is 1. The molecule has 90 valence electrons. The molecule has 0 heterocycles. The fourth-order valence-electron chi connectivity index (χ4n) is 1.12. The van der Waals surface area contributed by atoms with E-state index in [2.05, 4.69) is 15.9 Å². The van der Waals surface area contributed by atoms with E-state index in [1.807, 2.05) is 4.72 Å². The van der Waals surface area contributed by atoms with Gasteiger partial charge >= 0.3 is 5.76 Å². The molecule has 1 rings (SSSR count). The maximum atomic E-state index is 12.1. The van der Waals surface area contributed by atoms with Crippen LogP contribution in [-0.2, 0) is 10.0 Å². The SMILES string of the molecule is CC(NS(=O)(=O)C(F)F)c1ccc(Br)cc1. The van der Waals surface area contributed by atoms with Crippen LogP contribution in [0.2, 0.25) is 0 Å². The Hall–Kier alpha value is -0.530. The van der Waals surface area contributed by atoms with Gasteiger partial charge < -0.3 is 0 Å². The summed E-state index contributed by atoms with van der Waals surface area (Å²) in [6.45, 7) is 1.50. The van der Waals surface area contributed by atoms with Gasteiger partial charge in [-0.2, -0.15) is 8.78 Å². The van der Waals surface area contributed by atoms with Gasteiger partial charge in [0.25, 0.3) is 10.0 Å². The van der Waals surface area contributed by atoms with Crippen LogP contribution in [0.25, 0.3) is 0 Å². The van der Waals surface area contributed by atoms with Crippen LogP contribution >= 0.6 is 15.9 Å².